The summed E-state index contributed by atoms with van der Waals surface area (Å²) in [5.74, 6) is 0.140. The van der Waals surface area contributed by atoms with Crippen LogP contribution in [0, 0.1) is 12.3 Å². The highest BCUT2D eigenvalue weighted by atomic mass is 35.5. The molecule has 4 nitrogen and oxygen atoms in total. The van der Waals surface area contributed by atoms with Crippen LogP contribution in [0.1, 0.15) is 55.7 Å². The predicted molar refractivity (Wildman–Crippen MR) is 114 cm³/mol. The molecule has 1 aliphatic carbocycles. The summed E-state index contributed by atoms with van der Waals surface area (Å²) in [5, 5.41) is 3.15. The Morgan fingerprint density at radius 2 is 1.73 bits per heavy atom. The highest BCUT2D eigenvalue weighted by Gasteiger charge is 2.33. The second-order valence-corrected chi connectivity index (χ2v) is 7.64. The average Bonchev–Trinajstić information content (AvgIpc) is 2.57. The van der Waals surface area contributed by atoms with Crippen molar-refractivity contribution in [2.75, 3.05) is 27.2 Å². The lowest BCUT2D eigenvalue weighted by Gasteiger charge is -2.36. The first-order valence-electron chi connectivity index (χ1n) is 9.15. The first kappa shape index (κ1) is 25.2. The van der Waals surface area contributed by atoms with Gasteiger partial charge < -0.3 is 16.0 Å². The highest BCUT2D eigenvalue weighted by molar-refractivity contribution is 5.85. The minimum absolute atomic E-state index is 0. The molecule has 0 spiro atoms. The number of halogens is 2. The summed E-state index contributed by atoms with van der Waals surface area (Å²) in [7, 11) is 4.11. The van der Waals surface area contributed by atoms with Crippen LogP contribution in [0.3, 0.4) is 0 Å². The number of nitrogens with two attached hydrogens (primary N) is 1. The van der Waals surface area contributed by atoms with Gasteiger partial charge in [-0.3, -0.25) is 4.79 Å². The number of nitrogens with zero attached hydrogens (tertiary/aromatic N) is 1. The zero-order chi connectivity index (χ0) is 17.6. The molecule has 1 atom stereocenters. The lowest BCUT2D eigenvalue weighted by molar-refractivity contribution is -0.124. The van der Waals surface area contributed by atoms with E-state index in [9.17, 15) is 4.79 Å². The molecule has 1 saturated carbocycles. The number of benzene rings is 1. The summed E-state index contributed by atoms with van der Waals surface area (Å²) in [6, 6.07) is 8.73. The molecule has 0 aromatic heterocycles. The molecule has 0 saturated heterocycles. The number of carbonyl (C=O) groups is 1. The molecule has 1 aliphatic rings. The lowest BCUT2D eigenvalue weighted by Crippen LogP contribution is -2.41. The monoisotopic (exact) mass is 403 g/mol. The second kappa shape index (κ2) is 11.8. The molecule has 0 bridgehead atoms. The van der Waals surface area contributed by atoms with Gasteiger partial charge >= 0.3 is 0 Å². The molecule has 0 aliphatic heterocycles. The van der Waals surface area contributed by atoms with Gasteiger partial charge in [0, 0.05) is 13.0 Å². The van der Waals surface area contributed by atoms with Gasteiger partial charge in [0.05, 0.1) is 6.04 Å². The van der Waals surface area contributed by atoms with Crippen LogP contribution < -0.4 is 11.1 Å². The molecule has 1 aromatic rings. The van der Waals surface area contributed by atoms with E-state index in [1.807, 2.05) is 0 Å². The average molecular weight is 404 g/mol. The fraction of sp³-hybridized carbons (Fsp3) is 0.650. The lowest BCUT2D eigenvalue weighted by atomic mass is 9.71. The molecule has 1 aromatic carbocycles. The Balaban J connectivity index is 0.00000312. The minimum atomic E-state index is 0. The van der Waals surface area contributed by atoms with Gasteiger partial charge in [-0.2, -0.15) is 0 Å². The van der Waals surface area contributed by atoms with E-state index in [2.05, 4.69) is 55.5 Å². The third-order valence-corrected chi connectivity index (χ3v) is 5.46. The Morgan fingerprint density at radius 3 is 2.23 bits per heavy atom. The Morgan fingerprint density at radius 1 is 1.15 bits per heavy atom. The van der Waals surface area contributed by atoms with Crippen LogP contribution in [0.25, 0.3) is 0 Å². The van der Waals surface area contributed by atoms with Gasteiger partial charge in [-0.15, -0.1) is 24.8 Å². The third kappa shape index (κ3) is 7.07. The van der Waals surface area contributed by atoms with Crippen molar-refractivity contribution in [2.24, 2.45) is 11.1 Å². The molecule has 1 fully saturated rings. The molecular weight excluding hydrogens is 369 g/mol. The van der Waals surface area contributed by atoms with Gasteiger partial charge in [-0.25, -0.2) is 0 Å². The number of rotatable bonds is 7. The van der Waals surface area contributed by atoms with Crippen LogP contribution in [0.15, 0.2) is 24.3 Å². The van der Waals surface area contributed by atoms with Crippen molar-refractivity contribution >= 4 is 30.7 Å². The molecule has 0 heterocycles. The van der Waals surface area contributed by atoms with Crippen molar-refractivity contribution < 1.29 is 4.79 Å². The van der Waals surface area contributed by atoms with E-state index in [1.54, 1.807) is 0 Å². The molecular formula is C20H35Cl2N3O. The topological polar surface area (TPSA) is 58.4 Å². The summed E-state index contributed by atoms with van der Waals surface area (Å²) >= 11 is 0. The van der Waals surface area contributed by atoms with E-state index >= 15 is 0 Å². The van der Waals surface area contributed by atoms with Crippen molar-refractivity contribution in [3.8, 4) is 0 Å². The van der Waals surface area contributed by atoms with E-state index in [0.29, 0.717) is 19.5 Å². The first-order chi connectivity index (χ1) is 11.5. The van der Waals surface area contributed by atoms with E-state index in [-0.39, 0.29) is 42.2 Å². The molecule has 2 rings (SSSR count). The molecule has 26 heavy (non-hydrogen) atoms. The largest absolute Gasteiger partial charge is 0.354 e. The summed E-state index contributed by atoms with van der Waals surface area (Å²) in [4.78, 5) is 14.7. The van der Waals surface area contributed by atoms with Crippen LogP contribution in [-0.2, 0) is 4.79 Å². The number of hydrogen-bond acceptors (Lipinski definition) is 3. The maximum atomic E-state index is 12.5. The first-order valence-corrected chi connectivity index (χ1v) is 9.15. The second-order valence-electron chi connectivity index (χ2n) is 7.64. The molecule has 3 N–H and O–H groups in total. The van der Waals surface area contributed by atoms with E-state index < -0.39 is 0 Å². The fourth-order valence-corrected chi connectivity index (χ4v) is 3.76. The molecule has 6 heteroatoms. The Hall–Kier alpha value is -0.810. The number of amides is 1. The molecule has 1 unspecified atom stereocenters. The van der Waals surface area contributed by atoms with Crippen molar-refractivity contribution in [1.29, 1.82) is 0 Å². The van der Waals surface area contributed by atoms with Crippen LogP contribution in [-0.4, -0.2) is 38.0 Å². The zero-order valence-electron chi connectivity index (χ0n) is 16.3. The maximum absolute atomic E-state index is 12.5. The van der Waals surface area contributed by atoms with E-state index in [0.717, 1.165) is 12.8 Å². The quantitative estimate of drug-likeness (QED) is 0.726. The summed E-state index contributed by atoms with van der Waals surface area (Å²) in [6.07, 6.45) is 6.43. The van der Waals surface area contributed by atoms with Crippen LogP contribution in [0.5, 0.6) is 0 Å². The Labute approximate surface area is 171 Å². The van der Waals surface area contributed by atoms with Gasteiger partial charge in [-0.1, -0.05) is 49.1 Å². The summed E-state index contributed by atoms with van der Waals surface area (Å²) in [6.45, 7) is 3.34. The molecule has 150 valence electrons. The Kier molecular flexibility index (Phi) is 11.4. The number of likely N-dealkylation sites (N-methyl/N-ethyl adjacent to an activating group) is 1. The van der Waals surface area contributed by atoms with Gasteiger partial charge in [0.15, 0.2) is 0 Å². The highest BCUT2D eigenvalue weighted by Crippen LogP contribution is 2.38. The number of aryl methyl sites for hydroxylation is 1. The number of carbonyl (C=O) groups excluding carboxylic acids is 1. The normalized spacial score (nSPS) is 17.0. The van der Waals surface area contributed by atoms with Gasteiger partial charge in [0.1, 0.15) is 0 Å². The van der Waals surface area contributed by atoms with Crippen molar-refractivity contribution in [2.45, 2.75) is 51.5 Å². The number of nitrogens with one attached hydrogen (secondary N) is 1. The maximum Gasteiger partial charge on any atom is 0.220 e. The zero-order valence-corrected chi connectivity index (χ0v) is 17.9. The SMILES string of the molecule is Cc1ccc(C(CNC(=O)CC2(CN)CCCCC2)N(C)C)cc1.Cl.Cl. The van der Waals surface area contributed by atoms with Gasteiger partial charge in [0.2, 0.25) is 5.91 Å². The standard InChI is InChI=1S/C20H33N3O.2ClH/c1-16-7-9-17(10-8-16)18(23(2)3)14-22-19(24)13-20(15-21)11-5-4-6-12-20;;/h7-10,18H,4-6,11-15,21H2,1-3H3,(H,22,24);2*1H. The third-order valence-electron chi connectivity index (χ3n) is 5.46. The predicted octanol–water partition coefficient (Wildman–Crippen LogP) is 3.86. The van der Waals surface area contributed by atoms with Crippen LogP contribution in [0.2, 0.25) is 0 Å². The Bertz CT molecular complexity index is 528. The van der Waals surface area contributed by atoms with E-state index in [4.69, 9.17) is 5.73 Å². The van der Waals surface area contributed by atoms with Gasteiger partial charge in [-0.05, 0) is 51.4 Å². The smallest absolute Gasteiger partial charge is 0.220 e. The summed E-state index contributed by atoms with van der Waals surface area (Å²) < 4.78 is 0. The molecule has 0 radical (unpaired) electrons. The number of hydrogen-bond donors (Lipinski definition) is 2. The van der Waals surface area contributed by atoms with Gasteiger partial charge in [0.25, 0.3) is 0 Å². The van der Waals surface area contributed by atoms with Crippen molar-refractivity contribution in [3.05, 3.63) is 35.4 Å². The van der Waals surface area contributed by atoms with Crippen LogP contribution in [0.4, 0.5) is 0 Å². The van der Waals surface area contributed by atoms with Crippen molar-refractivity contribution in [1.82, 2.24) is 10.2 Å². The van der Waals surface area contributed by atoms with E-state index in [1.165, 1.54) is 30.4 Å². The summed E-state index contributed by atoms with van der Waals surface area (Å²) in [5.41, 5.74) is 8.52. The molecule has 1 amide bonds. The van der Waals surface area contributed by atoms with Crippen molar-refractivity contribution in [3.63, 3.8) is 0 Å². The minimum Gasteiger partial charge on any atom is -0.354 e. The van der Waals surface area contributed by atoms with Crippen LogP contribution >= 0.6 is 24.8 Å². The fourth-order valence-electron chi connectivity index (χ4n) is 3.76.